The number of benzene rings is 3. The highest BCUT2D eigenvalue weighted by atomic mass is 16.5. The summed E-state index contributed by atoms with van der Waals surface area (Å²) in [5, 5.41) is 7.73. The van der Waals surface area contributed by atoms with E-state index in [1.807, 2.05) is 65.6 Å². The van der Waals surface area contributed by atoms with E-state index < -0.39 is 0 Å². The van der Waals surface area contributed by atoms with Crippen LogP contribution in [0.1, 0.15) is 5.56 Å². The van der Waals surface area contributed by atoms with Crippen molar-refractivity contribution in [1.82, 2.24) is 19.3 Å². The third-order valence-electron chi connectivity index (χ3n) is 6.74. The number of nitrogens with one attached hydrogen (secondary N) is 1. The van der Waals surface area contributed by atoms with E-state index >= 15 is 0 Å². The number of hydrogen-bond acceptors (Lipinski definition) is 6. The van der Waals surface area contributed by atoms with E-state index in [1.165, 1.54) is 5.56 Å². The van der Waals surface area contributed by atoms with Crippen molar-refractivity contribution in [2.45, 2.75) is 6.54 Å². The smallest absolute Gasteiger partial charge is 0.293 e. The summed E-state index contributed by atoms with van der Waals surface area (Å²) in [6, 6.07) is 24.3. The second kappa shape index (κ2) is 9.91. The zero-order valence-corrected chi connectivity index (χ0v) is 20.7. The van der Waals surface area contributed by atoms with E-state index in [9.17, 15) is 4.79 Å². The van der Waals surface area contributed by atoms with Gasteiger partial charge in [-0.05, 0) is 47.5 Å². The Morgan fingerprint density at radius 3 is 2.51 bits per heavy atom. The molecule has 2 aromatic heterocycles. The fourth-order valence-corrected chi connectivity index (χ4v) is 4.67. The van der Waals surface area contributed by atoms with Crippen molar-refractivity contribution in [1.29, 1.82) is 0 Å². The molecule has 0 bridgehead atoms. The Bertz CT molecular complexity index is 1590. The SMILES string of the molecule is Cn1c(=O)c(Nc2ccc(N3CCOCC3)cc2)nc2ccc(-c3cnn(Cc4ccccc4)c3)cc21. The normalized spacial score (nSPS) is 13.7. The van der Waals surface area contributed by atoms with Crippen LogP contribution in [0.25, 0.3) is 22.2 Å². The Morgan fingerprint density at radius 2 is 1.73 bits per heavy atom. The van der Waals surface area contributed by atoms with Crippen LogP contribution in [-0.2, 0) is 18.3 Å². The van der Waals surface area contributed by atoms with Gasteiger partial charge in [0.05, 0.1) is 37.0 Å². The topological polar surface area (TPSA) is 77.2 Å². The second-order valence-electron chi connectivity index (χ2n) is 9.21. The van der Waals surface area contributed by atoms with Gasteiger partial charge in [0.15, 0.2) is 5.82 Å². The van der Waals surface area contributed by atoms with Crippen LogP contribution in [0.2, 0.25) is 0 Å². The molecular formula is C29H28N6O2. The maximum atomic E-state index is 13.2. The summed E-state index contributed by atoms with van der Waals surface area (Å²) in [4.78, 5) is 20.1. The molecular weight excluding hydrogens is 464 g/mol. The van der Waals surface area contributed by atoms with Gasteiger partial charge in [-0.25, -0.2) is 4.98 Å². The number of anilines is 3. The third kappa shape index (κ3) is 4.83. The van der Waals surface area contributed by atoms with Gasteiger partial charge in [0.1, 0.15) is 0 Å². The van der Waals surface area contributed by atoms with Crippen molar-refractivity contribution in [3.05, 3.63) is 101 Å². The number of rotatable bonds is 6. The molecule has 1 N–H and O–H groups in total. The zero-order chi connectivity index (χ0) is 25.2. The molecule has 0 unspecified atom stereocenters. The van der Waals surface area contributed by atoms with Crippen molar-refractivity contribution in [2.75, 3.05) is 36.5 Å². The van der Waals surface area contributed by atoms with Crippen LogP contribution in [0.3, 0.4) is 0 Å². The summed E-state index contributed by atoms with van der Waals surface area (Å²) < 4.78 is 9.00. The Labute approximate surface area is 214 Å². The number of aryl methyl sites for hydroxylation is 1. The average molecular weight is 493 g/mol. The van der Waals surface area contributed by atoms with Crippen molar-refractivity contribution in [2.24, 2.45) is 7.05 Å². The monoisotopic (exact) mass is 492 g/mol. The highest BCUT2D eigenvalue weighted by Gasteiger charge is 2.13. The van der Waals surface area contributed by atoms with Crippen molar-refractivity contribution in [3.8, 4) is 11.1 Å². The quantitative estimate of drug-likeness (QED) is 0.378. The second-order valence-corrected chi connectivity index (χ2v) is 9.21. The van der Waals surface area contributed by atoms with E-state index in [2.05, 4.69) is 44.6 Å². The van der Waals surface area contributed by atoms with Gasteiger partial charge in [-0.15, -0.1) is 0 Å². The van der Waals surface area contributed by atoms with Crippen LogP contribution >= 0.6 is 0 Å². The van der Waals surface area contributed by atoms with E-state index in [4.69, 9.17) is 4.74 Å². The molecule has 0 aliphatic carbocycles. The molecule has 5 aromatic rings. The predicted molar refractivity (Wildman–Crippen MR) is 147 cm³/mol. The molecule has 8 heteroatoms. The van der Waals surface area contributed by atoms with Crippen LogP contribution in [0.5, 0.6) is 0 Å². The number of morpholine rings is 1. The molecule has 1 fully saturated rings. The van der Waals surface area contributed by atoms with Gasteiger partial charge in [-0.2, -0.15) is 5.10 Å². The van der Waals surface area contributed by atoms with Crippen LogP contribution in [-0.4, -0.2) is 45.6 Å². The molecule has 1 saturated heterocycles. The molecule has 3 heterocycles. The fraction of sp³-hybridized carbons (Fsp3) is 0.207. The maximum absolute atomic E-state index is 13.2. The minimum Gasteiger partial charge on any atom is -0.378 e. The molecule has 186 valence electrons. The fourth-order valence-electron chi connectivity index (χ4n) is 4.67. The molecule has 1 aliphatic rings. The molecule has 37 heavy (non-hydrogen) atoms. The molecule has 6 rings (SSSR count). The lowest BCUT2D eigenvalue weighted by molar-refractivity contribution is 0.122. The number of aromatic nitrogens is 4. The average Bonchev–Trinajstić information content (AvgIpc) is 3.41. The molecule has 0 saturated carbocycles. The Morgan fingerprint density at radius 1 is 0.946 bits per heavy atom. The number of ether oxygens (including phenoxy) is 1. The van der Waals surface area contributed by atoms with Gasteiger partial charge >= 0.3 is 0 Å². The van der Waals surface area contributed by atoms with Gasteiger partial charge in [0.25, 0.3) is 5.56 Å². The zero-order valence-electron chi connectivity index (χ0n) is 20.7. The summed E-state index contributed by atoms with van der Waals surface area (Å²) in [6.07, 6.45) is 3.88. The highest BCUT2D eigenvalue weighted by molar-refractivity contribution is 5.83. The predicted octanol–water partition coefficient (Wildman–Crippen LogP) is 4.43. The first-order chi connectivity index (χ1) is 18.1. The van der Waals surface area contributed by atoms with E-state index in [0.717, 1.165) is 59.8 Å². The van der Waals surface area contributed by atoms with Gasteiger partial charge < -0.3 is 19.5 Å². The molecule has 3 aromatic carbocycles. The first-order valence-corrected chi connectivity index (χ1v) is 12.4. The van der Waals surface area contributed by atoms with Gasteiger partial charge in [-0.3, -0.25) is 9.48 Å². The van der Waals surface area contributed by atoms with Crippen molar-refractivity contribution >= 4 is 28.2 Å². The standard InChI is InChI=1S/C29H28N6O2/c1-33-27-17-22(23-18-30-35(20-23)19-21-5-3-2-4-6-21)7-12-26(27)32-28(29(33)36)31-24-8-10-25(11-9-24)34-13-15-37-16-14-34/h2-12,17-18,20H,13-16,19H2,1H3,(H,31,32). The number of fused-ring (bicyclic) bond motifs is 1. The molecule has 0 amide bonds. The van der Waals surface area contributed by atoms with Crippen LogP contribution in [0.4, 0.5) is 17.2 Å². The minimum atomic E-state index is -0.179. The van der Waals surface area contributed by atoms with Crippen LogP contribution in [0.15, 0.2) is 90.0 Å². The maximum Gasteiger partial charge on any atom is 0.293 e. The summed E-state index contributed by atoms with van der Waals surface area (Å²) >= 11 is 0. The van der Waals surface area contributed by atoms with E-state index in [0.29, 0.717) is 12.4 Å². The minimum absolute atomic E-state index is 0.179. The summed E-state index contributed by atoms with van der Waals surface area (Å²) in [6.45, 7) is 3.96. The Balaban J connectivity index is 1.23. The summed E-state index contributed by atoms with van der Waals surface area (Å²) in [5.41, 5.74) is 6.48. The first kappa shape index (κ1) is 23.0. The largest absolute Gasteiger partial charge is 0.378 e. The lowest BCUT2D eigenvalue weighted by Crippen LogP contribution is -2.36. The molecule has 0 radical (unpaired) electrons. The van der Waals surface area contributed by atoms with Gasteiger partial charge in [0, 0.05) is 43.3 Å². The molecule has 0 atom stereocenters. The molecule has 0 spiro atoms. The van der Waals surface area contributed by atoms with Gasteiger partial charge in [-0.1, -0.05) is 36.4 Å². The lowest BCUT2D eigenvalue weighted by atomic mass is 10.1. The number of nitrogens with zero attached hydrogens (tertiary/aromatic N) is 5. The molecule has 8 nitrogen and oxygen atoms in total. The Hall–Kier alpha value is -4.43. The summed E-state index contributed by atoms with van der Waals surface area (Å²) in [7, 11) is 1.78. The highest BCUT2D eigenvalue weighted by Crippen LogP contribution is 2.25. The summed E-state index contributed by atoms with van der Waals surface area (Å²) in [5.74, 6) is 0.303. The first-order valence-electron chi connectivity index (χ1n) is 12.4. The number of hydrogen-bond donors (Lipinski definition) is 1. The van der Waals surface area contributed by atoms with Crippen LogP contribution < -0.4 is 15.8 Å². The van der Waals surface area contributed by atoms with E-state index in [-0.39, 0.29) is 5.56 Å². The van der Waals surface area contributed by atoms with Gasteiger partial charge in [0.2, 0.25) is 0 Å². The molecule has 1 aliphatic heterocycles. The Kier molecular flexibility index (Phi) is 6.16. The van der Waals surface area contributed by atoms with Crippen LogP contribution in [0, 0.1) is 0 Å². The lowest BCUT2D eigenvalue weighted by Gasteiger charge is -2.28. The van der Waals surface area contributed by atoms with Crippen molar-refractivity contribution in [3.63, 3.8) is 0 Å². The van der Waals surface area contributed by atoms with E-state index in [1.54, 1.807) is 11.6 Å². The van der Waals surface area contributed by atoms with Crippen molar-refractivity contribution < 1.29 is 4.74 Å². The third-order valence-corrected chi connectivity index (χ3v) is 6.74.